The minimum absolute atomic E-state index is 0.121. The van der Waals surface area contributed by atoms with Crippen LogP contribution in [0.2, 0.25) is 0 Å². The molecule has 2 amide bonds. The van der Waals surface area contributed by atoms with Crippen LogP contribution in [0.3, 0.4) is 0 Å². The Morgan fingerprint density at radius 1 is 0.900 bits per heavy atom. The van der Waals surface area contributed by atoms with E-state index in [1.165, 1.54) is 0 Å². The molecular weight excluding hydrogens is 380 g/mol. The highest BCUT2D eigenvalue weighted by molar-refractivity contribution is 5.86. The Morgan fingerprint density at radius 2 is 1.47 bits per heavy atom. The molecule has 0 radical (unpaired) electrons. The standard InChI is InChI=1S/C24H32N2O4/c1-17(2)14-21(18(3)27)25-23(28)22(15-19-10-6-4-7-11-19)26-24(29)30-16-20-12-8-5-9-13-20/h4-13,17-18,21-22,27H,14-16H2,1-3H3,(H,25,28)(H,26,29)/t18-,21-,22+/m0/s1. The Hall–Kier alpha value is -2.86. The van der Waals surface area contributed by atoms with Gasteiger partial charge in [-0.05, 0) is 30.4 Å². The number of aliphatic hydroxyl groups is 1. The molecule has 3 N–H and O–H groups in total. The summed E-state index contributed by atoms with van der Waals surface area (Å²) in [7, 11) is 0. The predicted octanol–water partition coefficient (Wildman–Crippen LogP) is 3.44. The summed E-state index contributed by atoms with van der Waals surface area (Å²) in [5.74, 6) is -0.0386. The molecule has 0 heterocycles. The monoisotopic (exact) mass is 412 g/mol. The molecule has 0 spiro atoms. The van der Waals surface area contributed by atoms with Gasteiger partial charge in [0.25, 0.3) is 0 Å². The van der Waals surface area contributed by atoms with Gasteiger partial charge in [-0.2, -0.15) is 0 Å². The molecule has 0 unspecified atom stereocenters. The number of alkyl carbamates (subject to hydrolysis) is 1. The summed E-state index contributed by atoms with van der Waals surface area (Å²) < 4.78 is 5.28. The minimum atomic E-state index is -0.816. The second-order valence-corrected chi connectivity index (χ2v) is 7.93. The average molecular weight is 413 g/mol. The van der Waals surface area contributed by atoms with Crippen molar-refractivity contribution in [3.8, 4) is 0 Å². The van der Waals surface area contributed by atoms with Gasteiger partial charge in [0.05, 0.1) is 12.1 Å². The Bertz CT molecular complexity index is 778. The first kappa shape index (κ1) is 23.4. The van der Waals surface area contributed by atoms with E-state index in [4.69, 9.17) is 4.74 Å². The van der Waals surface area contributed by atoms with Crippen LogP contribution < -0.4 is 10.6 Å². The van der Waals surface area contributed by atoms with Crippen molar-refractivity contribution in [1.29, 1.82) is 0 Å². The molecule has 0 aromatic heterocycles. The number of nitrogens with one attached hydrogen (secondary N) is 2. The van der Waals surface area contributed by atoms with Gasteiger partial charge in [-0.25, -0.2) is 4.79 Å². The third-order valence-corrected chi connectivity index (χ3v) is 4.74. The maximum Gasteiger partial charge on any atom is 0.408 e. The van der Waals surface area contributed by atoms with E-state index in [0.29, 0.717) is 18.8 Å². The van der Waals surface area contributed by atoms with Crippen LogP contribution in [0.4, 0.5) is 4.79 Å². The molecular formula is C24H32N2O4. The zero-order valence-electron chi connectivity index (χ0n) is 17.9. The summed E-state index contributed by atoms with van der Waals surface area (Å²) in [6.07, 6.45) is -0.396. The van der Waals surface area contributed by atoms with Crippen molar-refractivity contribution in [3.05, 3.63) is 71.8 Å². The van der Waals surface area contributed by atoms with E-state index >= 15 is 0 Å². The number of ether oxygens (including phenoxy) is 1. The maximum absolute atomic E-state index is 13.0. The topological polar surface area (TPSA) is 87.7 Å². The fraction of sp³-hybridized carbons (Fsp3) is 0.417. The summed E-state index contributed by atoms with van der Waals surface area (Å²) in [5.41, 5.74) is 1.78. The number of hydrogen-bond donors (Lipinski definition) is 3. The zero-order chi connectivity index (χ0) is 21.9. The van der Waals surface area contributed by atoms with Crippen molar-refractivity contribution in [2.75, 3.05) is 0 Å². The summed E-state index contributed by atoms with van der Waals surface area (Å²) in [4.78, 5) is 25.3. The third-order valence-electron chi connectivity index (χ3n) is 4.74. The molecule has 0 saturated heterocycles. The average Bonchev–Trinajstić information content (AvgIpc) is 2.72. The maximum atomic E-state index is 13.0. The quantitative estimate of drug-likeness (QED) is 0.558. The van der Waals surface area contributed by atoms with Crippen LogP contribution >= 0.6 is 0 Å². The van der Waals surface area contributed by atoms with E-state index in [9.17, 15) is 14.7 Å². The lowest BCUT2D eigenvalue weighted by Gasteiger charge is -2.26. The first-order valence-corrected chi connectivity index (χ1v) is 10.3. The highest BCUT2D eigenvalue weighted by atomic mass is 16.5. The molecule has 2 aromatic carbocycles. The van der Waals surface area contributed by atoms with Crippen molar-refractivity contribution >= 4 is 12.0 Å². The van der Waals surface area contributed by atoms with Crippen LogP contribution in [0, 0.1) is 5.92 Å². The van der Waals surface area contributed by atoms with Crippen molar-refractivity contribution in [1.82, 2.24) is 10.6 Å². The van der Waals surface area contributed by atoms with Crippen LogP contribution in [0.5, 0.6) is 0 Å². The van der Waals surface area contributed by atoms with Gasteiger partial charge in [-0.1, -0.05) is 74.5 Å². The molecule has 30 heavy (non-hydrogen) atoms. The molecule has 0 aliphatic carbocycles. The van der Waals surface area contributed by atoms with E-state index in [0.717, 1.165) is 11.1 Å². The van der Waals surface area contributed by atoms with Gasteiger partial charge < -0.3 is 20.5 Å². The van der Waals surface area contributed by atoms with Crippen LogP contribution in [-0.2, 0) is 22.6 Å². The smallest absolute Gasteiger partial charge is 0.408 e. The SMILES string of the molecule is CC(C)C[C@H](NC(=O)[C@@H](Cc1ccccc1)NC(=O)OCc1ccccc1)[C@H](C)O. The molecule has 2 rings (SSSR count). The van der Waals surface area contributed by atoms with Crippen molar-refractivity contribution < 1.29 is 19.4 Å². The second kappa shape index (κ2) is 12.0. The van der Waals surface area contributed by atoms with Gasteiger partial charge in [0.15, 0.2) is 0 Å². The van der Waals surface area contributed by atoms with Crippen LogP contribution in [0.15, 0.2) is 60.7 Å². The van der Waals surface area contributed by atoms with Crippen molar-refractivity contribution in [2.24, 2.45) is 5.92 Å². The molecule has 0 aliphatic heterocycles. The predicted molar refractivity (Wildman–Crippen MR) is 117 cm³/mol. The minimum Gasteiger partial charge on any atom is -0.445 e. The van der Waals surface area contributed by atoms with Crippen molar-refractivity contribution in [3.63, 3.8) is 0 Å². The van der Waals surface area contributed by atoms with Gasteiger partial charge in [-0.3, -0.25) is 4.79 Å². The van der Waals surface area contributed by atoms with Gasteiger partial charge in [0, 0.05) is 6.42 Å². The molecule has 3 atom stereocenters. The number of rotatable bonds is 10. The Balaban J connectivity index is 2.05. The van der Waals surface area contributed by atoms with E-state index in [-0.39, 0.29) is 12.5 Å². The molecule has 2 aromatic rings. The van der Waals surface area contributed by atoms with E-state index < -0.39 is 24.3 Å². The first-order valence-electron chi connectivity index (χ1n) is 10.3. The van der Waals surface area contributed by atoms with Crippen LogP contribution in [-0.4, -0.2) is 35.3 Å². The number of hydrogen-bond acceptors (Lipinski definition) is 4. The number of aliphatic hydroxyl groups excluding tert-OH is 1. The molecule has 0 aliphatic rings. The highest BCUT2D eigenvalue weighted by Gasteiger charge is 2.26. The molecule has 0 saturated carbocycles. The Labute approximate surface area is 178 Å². The molecule has 0 bridgehead atoms. The second-order valence-electron chi connectivity index (χ2n) is 7.93. The number of carbonyl (C=O) groups is 2. The normalized spacial score (nSPS) is 13.9. The van der Waals surface area contributed by atoms with Crippen LogP contribution in [0.1, 0.15) is 38.3 Å². The van der Waals surface area contributed by atoms with Gasteiger partial charge in [-0.15, -0.1) is 0 Å². The summed E-state index contributed by atoms with van der Waals surface area (Å²) >= 11 is 0. The van der Waals surface area contributed by atoms with Gasteiger partial charge >= 0.3 is 6.09 Å². The third kappa shape index (κ3) is 8.25. The highest BCUT2D eigenvalue weighted by Crippen LogP contribution is 2.10. The van der Waals surface area contributed by atoms with E-state index in [2.05, 4.69) is 10.6 Å². The molecule has 6 heteroatoms. The Kier molecular flexibility index (Phi) is 9.35. The summed E-state index contributed by atoms with van der Waals surface area (Å²) in [5, 5.41) is 15.6. The first-order chi connectivity index (χ1) is 14.3. The fourth-order valence-corrected chi connectivity index (χ4v) is 3.13. The van der Waals surface area contributed by atoms with E-state index in [1.54, 1.807) is 6.92 Å². The van der Waals surface area contributed by atoms with Gasteiger partial charge in [0.1, 0.15) is 12.6 Å². The number of carbonyl (C=O) groups excluding carboxylic acids is 2. The Morgan fingerprint density at radius 3 is 2.00 bits per heavy atom. The van der Waals surface area contributed by atoms with E-state index in [1.807, 2.05) is 74.5 Å². The van der Waals surface area contributed by atoms with Gasteiger partial charge in [0.2, 0.25) is 5.91 Å². The zero-order valence-corrected chi connectivity index (χ0v) is 17.9. The molecule has 0 fully saturated rings. The lowest BCUT2D eigenvalue weighted by atomic mass is 9.98. The fourth-order valence-electron chi connectivity index (χ4n) is 3.13. The lowest BCUT2D eigenvalue weighted by molar-refractivity contribution is -0.124. The largest absolute Gasteiger partial charge is 0.445 e. The summed E-state index contributed by atoms with van der Waals surface area (Å²) in [6, 6.07) is 17.6. The number of amides is 2. The molecule has 162 valence electrons. The number of benzene rings is 2. The molecule has 6 nitrogen and oxygen atoms in total. The van der Waals surface area contributed by atoms with Crippen LogP contribution in [0.25, 0.3) is 0 Å². The van der Waals surface area contributed by atoms with Crippen molar-refractivity contribution in [2.45, 2.75) is 58.4 Å². The summed E-state index contributed by atoms with van der Waals surface area (Å²) in [6.45, 7) is 5.83. The lowest BCUT2D eigenvalue weighted by Crippen LogP contribution is -2.53.